The molecule has 0 aromatic heterocycles. The highest BCUT2D eigenvalue weighted by molar-refractivity contribution is 14.1. The second-order valence-corrected chi connectivity index (χ2v) is 6.02. The van der Waals surface area contributed by atoms with Gasteiger partial charge in [0.1, 0.15) is 0 Å². The summed E-state index contributed by atoms with van der Waals surface area (Å²) >= 11 is 2.23. The van der Waals surface area contributed by atoms with Gasteiger partial charge in [-0.25, -0.2) is 0 Å². The Labute approximate surface area is 139 Å². The molecule has 0 atom stereocenters. The summed E-state index contributed by atoms with van der Waals surface area (Å²) in [5.74, 6) is 0.0393. The molecule has 0 radical (unpaired) electrons. The van der Waals surface area contributed by atoms with E-state index in [0.29, 0.717) is 19.6 Å². The Balaban J connectivity index is 2.25. The number of nitrogens with zero attached hydrogens (tertiary/aromatic N) is 1. The number of benzene rings is 2. The first-order chi connectivity index (χ1) is 10.1. The van der Waals surface area contributed by atoms with Gasteiger partial charge in [0.2, 0.25) is 0 Å². The number of carbonyl (C=O) groups excluding carboxylic acids is 1. The second-order valence-electron chi connectivity index (χ2n) is 4.94. The van der Waals surface area contributed by atoms with E-state index in [1.54, 1.807) is 0 Å². The summed E-state index contributed by atoms with van der Waals surface area (Å²) in [6, 6.07) is 15.8. The van der Waals surface area contributed by atoms with Crippen LogP contribution in [0.2, 0.25) is 0 Å². The van der Waals surface area contributed by atoms with Gasteiger partial charge in [-0.1, -0.05) is 42.5 Å². The Kier molecular flexibility index (Phi) is 5.76. The third-order valence-corrected chi connectivity index (χ3v) is 4.76. The van der Waals surface area contributed by atoms with Crippen molar-refractivity contribution in [1.29, 1.82) is 0 Å². The first-order valence-corrected chi connectivity index (χ1v) is 7.99. The molecule has 21 heavy (non-hydrogen) atoms. The highest BCUT2D eigenvalue weighted by Gasteiger charge is 2.18. The Bertz CT molecular complexity index is 613. The normalized spacial score (nSPS) is 10.4. The van der Waals surface area contributed by atoms with Crippen LogP contribution in [0.3, 0.4) is 0 Å². The molecular weight excluding hydrogens is 375 g/mol. The second kappa shape index (κ2) is 7.56. The van der Waals surface area contributed by atoms with Crippen molar-refractivity contribution in [2.24, 2.45) is 5.73 Å². The molecule has 3 nitrogen and oxygen atoms in total. The average molecular weight is 394 g/mol. The number of nitrogens with two attached hydrogens (primary N) is 1. The summed E-state index contributed by atoms with van der Waals surface area (Å²) in [4.78, 5) is 14.6. The molecule has 0 fully saturated rings. The summed E-state index contributed by atoms with van der Waals surface area (Å²) in [6.45, 7) is 3.61. The third kappa shape index (κ3) is 4.04. The minimum absolute atomic E-state index is 0.0393. The van der Waals surface area contributed by atoms with Crippen molar-refractivity contribution in [2.45, 2.75) is 13.5 Å². The van der Waals surface area contributed by atoms with Crippen LogP contribution < -0.4 is 5.73 Å². The largest absolute Gasteiger partial charge is 0.333 e. The molecule has 0 heterocycles. The van der Waals surface area contributed by atoms with E-state index in [1.165, 1.54) is 0 Å². The van der Waals surface area contributed by atoms with E-state index in [0.717, 1.165) is 20.3 Å². The van der Waals surface area contributed by atoms with Gasteiger partial charge in [-0.15, -0.1) is 0 Å². The molecule has 2 aromatic carbocycles. The Morgan fingerprint density at radius 1 is 1.14 bits per heavy atom. The number of hydrogen-bond donors (Lipinski definition) is 1. The van der Waals surface area contributed by atoms with E-state index in [1.807, 2.05) is 60.4 Å². The molecule has 2 rings (SSSR count). The molecule has 2 N–H and O–H groups in total. The SMILES string of the molecule is Cc1cccc(C(=O)N(CCN)Cc2ccccc2)c1I. The van der Waals surface area contributed by atoms with E-state index in [-0.39, 0.29) is 5.91 Å². The lowest BCUT2D eigenvalue weighted by atomic mass is 10.1. The molecule has 0 aliphatic rings. The van der Waals surface area contributed by atoms with Crippen molar-refractivity contribution >= 4 is 28.5 Å². The topological polar surface area (TPSA) is 46.3 Å². The average Bonchev–Trinajstić information content (AvgIpc) is 2.50. The highest BCUT2D eigenvalue weighted by atomic mass is 127. The van der Waals surface area contributed by atoms with Crippen LogP contribution in [-0.4, -0.2) is 23.9 Å². The quantitative estimate of drug-likeness (QED) is 0.792. The minimum atomic E-state index is 0.0393. The summed E-state index contributed by atoms with van der Waals surface area (Å²) in [5, 5.41) is 0. The van der Waals surface area contributed by atoms with Crippen LogP contribution in [-0.2, 0) is 6.54 Å². The van der Waals surface area contributed by atoms with E-state index < -0.39 is 0 Å². The van der Waals surface area contributed by atoms with E-state index in [2.05, 4.69) is 22.6 Å². The third-order valence-electron chi connectivity index (χ3n) is 3.32. The molecule has 0 aliphatic carbocycles. The zero-order chi connectivity index (χ0) is 15.2. The van der Waals surface area contributed by atoms with Crippen LogP contribution in [0.25, 0.3) is 0 Å². The van der Waals surface area contributed by atoms with Gasteiger partial charge in [0.25, 0.3) is 5.91 Å². The van der Waals surface area contributed by atoms with Crippen molar-refractivity contribution in [1.82, 2.24) is 4.90 Å². The maximum absolute atomic E-state index is 12.8. The smallest absolute Gasteiger partial charge is 0.255 e. The molecule has 4 heteroatoms. The lowest BCUT2D eigenvalue weighted by Gasteiger charge is -2.23. The van der Waals surface area contributed by atoms with E-state index in [9.17, 15) is 4.79 Å². The zero-order valence-electron chi connectivity index (χ0n) is 12.1. The summed E-state index contributed by atoms with van der Waals surface area (Å²) in [6.07, 6.45) is 0. The van der Waals surface area contributed by atoms with Crippen LogP contribution in [0.15, 0.2) is 48.5 Å². The van der Waals surface area contributed by atoms with Crippen LogP contribution >= 0.6 is 22.6 Å². The molecule has 0 spiro atoms. The van der Waals surface area contributed by atoms with Gasteiger partial charge < -0.3 is 10.6 Å². The maximum atomic E-state index is 12.8. The highest BCUT2D eigenvalue weighted by Crippen LogP contribution is 2.19. The molecule has 0 saturated carbocycles. The van der Waals surface area contributed by atoms with Gasteiger partial charge in [-0.2, -0.15) is 0 Å². The summed E-state index contributed by atoms with van der Waals surface area (Å²) < 4.78 is 1.01. The predicted molar refractivity (Wildman–Crippen MR) is 94.1 cm³/mol. The number of hydrogen-bond acceptors (Lipinski definition) is 2. The molecule has 0 saturated heterocycles. The van der Waals surface area contributed by atoms with Crippen LogP contribution in [0.5, 0.6) is 0 Å². The van der Waals surface area contributed by atoms with Crippen LogP contribution in [0.1, 0.15) is 21.5 Å². The van der Waals surface area contributed by atoms with E-state index >= 15 is 0 Å². The number of aryl methyl sites for hydroxylation is 1. The first kappa shape index (κ1) is 16.0. The molecule has 0 unspecified atom stereocenters. The van der Waals surface area contributed by atoms with Crippen molar-refractivity contribution < 1.29 is 4.79 Å². The lowest BCUT2D eigenvalue weighted by molar-refractivity contribution is 0.0747. The number of rotatable bonds is 5. The van der Waals surface area contributed by atoms with Crippen molar-refractivity contribution in [2.75, 3.05) is 13.1 Å². The molecule has 110 valence electrons. The molecule has 0 bridgehead atoms. The fourth-order valence-corrected chi connectivity index (χ4v) is 2.79. The van der Waals surface area contributed by atoms with Gasteiger partial charge in [0, 0.05) is 23.2 Å². The van der Waals surface area contributed by atoms with E-state index in [4.69, 9.17) is 5.73 Å². The zero-order valence-corrected chi connectivity index (χ0v) is 14.2. The summed E-state index contributed by atoms with van der Waals surface area (Å²) in [5.41, 5.74) is 8.65. The summed E-state index contributed by atoms with van der Waals surface area (Å²) in [7, 11) is 0. The van der Waals surface area contributed by atoms with Gasteiger partial charge in [0.05, 0.1) is 5.56 Å². The molecule has 1 amide bonds. The first-order valence-electron chi connectivity index (χ1n) is 6.92. The Morgan fingerprint density at radius 3 is 2.52 bits per heavy atom. The number of carbonyl (C=O) groups is 1. The van der Waals surface area contributed by atoms with Crippen LogP contribution in [0, 0.1) is 10.5 Å². The fraction of sp³-hybridized carbons (Fsp3) is 0.235. The van der Waals surface area contributed by atoms with Gasteiger partial charge in [-0.3, -0.25) is 4.79 Å². The molecular formula is C17H19IN2O. The van der Waals surface area contributed by atoms with Crippen molar-refractivity contribution in [3.63, 3.8) is 0 Å². The predicted octanol–water partition coefficient (Wildman–Crippen LogP) is 3.20. The minimum Gasteiger partial charge on any atom is -0.333 e. The number of halogens is 1. The fourth-order valence-electron chi connectivity index (χ4n) is 2.19. The Morgan fingerprint density at radius 2 is 1.86 bits per heavy atom. The molecule has 0 aliphatic heterocycles. The van der Waals surface area contributed by atoms with Gasteiger partial charge in [0.15, 0.2) is 0 Å². The lowest BCUT2D eigenvalue weighted by Crippen LogP contribution is -2.35. The van der Waals surface area contributed by atoms with Gasteiger partial charge in [-0.05, 0) is 46.7 Å². The van der Waals surface area contributed by atoms with Crippen LogP contribution in [0.4, 0.5) is 0 Å². The monoisotopic (exact) mass is 394 g/mol. The molecule has 2 aromatic rings. The standard InChI is InChI=1S/C17H19IN2O/c1-13-6-5-9-15(16(13)18)17(21)20(11-10-19)12-14-7-3-2-4-8-14/h2-9H,10-12,19H2,1H3. The van der Waals surface area contributed by atoms with Crippen molar-refractivity contribution in [3.8, 4) is 0 Å². The maximum Gasteiger partial charge on any atom is 0.255 e. The van der Waals surface area contributed by atoms with Crippen molar-refractivity contribution in [3.05, 3.63) is 68.8 Å². The number of amides is 1. The van der Waals surface area contributed by atoms with Gasteiger partial charge >= 0.3 is 0 Å². The Hall–Kier alpha value is -1.40.